The van der Waals surface area contributed by atoms with Crippen LogP contribution >= 0.6 is 0 Å². The van der Waals surface area contributed by atoms with Gasteiger partial charge in [0, 0.05) is 12.6 Å². The molecule has 1 aromatic heterocycles. The van der Waals surface area contributed by atoms with E-state index in [1.807, 2.05) is 0 Å². The van der Waals surface area contributed by atoms with Gasteiger partial charge in [-0.25, -0.2) is 13.6 Å². The van der Waals surface area contributed by atoms with Gasteiger partial charge in [-0.1, -0.05) is 6.07 Å². The third-order valence-electron chi connectivity index (χ3n) is 3.25. The molecule has 3 rings (SSSR count). The summed E-state index contributed by atoms with van der Waals surface area (Å²) in [5.41, 5.74) is 0.355. The van der Waals surface area contributed by atoms with Crippen LogP contribution in [0.15, 0.2) is 45.6 Å². The first-order chi connectivity index (χ1) is 10.5. The van der Waals surface area contributed by atoms with Crippen LogP contribution in [0.3, 0.4) is 0 Å². The third kappa shape index (κ3) is 2.26. The lowest BCUT2D eigenvalue weighted by Crippen LogP contribution is -2.14. The first-order valence-electron chi connectivity index (χ1n) is 6.32. The SMILES string of the molecule is Cn1c(=O)oc2ccc(C(=O)Nc3c(F)cccc3F)cc21. The van der Waals surface area contributed by atoms with E-state index < -0.39 is 29.0 Å². The molecule has 5 nitrogen and oxygen atoms in total. The Hall–Kier alpha value is -2.96. The van der Waals surface area contributed by atoms with Crippen molar-refractivity contribution in [2.75, 3.05) is 5.32 Å². The number of para-hydroxylation sites is 1. The Morgan fingerprint density at radius 2 is 1.86 bits per heavy atom. The second kappa shape index (κ2) is 5.10. The van der Waals surface area contributed by atoms with Gasteiger partial charge in [-0.05, 0) is 30.3 Å². The number of halogens is 2. The van der Waals surface area contributed by atoms with Crippen LogP contribution in [-0.2, 0) is 7.05 Å². The molecule has 0 fully saturated rings. The molecular formula is C15H10F2N2O3. The maximum absolute atomic E-state index is 13.5. The lowest BCUT2D eigenvalue weighted by atomic mass is 10.2. The van der Waals surface area contributed by atoms with Crippen LogP contribution in [0.1, 0.15) is 10.4 Å². The largest absolute Gasteiger partial charge is 0.419 e. The fraction of sp³-hybridized carbons (Fsp3) is 0.0667. The highest BCUT2D eigenvalue weighted by Gasteiger charge is 2.15. The van der Waals surface area contributed by atoms with E-state index in [1.54, 1.807) is 0 Å². The van der Waals surface area contributed by atoms with Crippen LogP contribution in [0.4, 0.5) is 14.5 Å². The normalized spacial score (nSPS) is 10.9. The average molecular weight is 304 g/mol. The second-order valence-electron chi connectivity index (χ2n) is 4.66. The van der Waals surface area contributed by atoms with Crippen molar-refractivity contribution in [3.63, 3.8) is 0 Å². The number of hydrogen-bond acceptors (Lipinski definition) is 3. The van der Waals surface area contributed by atoms with E-state index in [4.69, 9.17) is 4.42 Å². The number of aryl methyl sites for hydroxylation is 1. The predicted molar refractivity (Wildman–Crippen MR) is 75.8 cm³/mol. The molecule has 22 heavy (non-hydrogen) atoms. The van der Waals surface area contributed by atoms with Crippen molar-refractivity contribution in [3.05, 3.63) is 64.1 Å². The van der Waals surface area contributed by atoms with Crippen LogP contribution < -0.4 is 11.1 Å². The summed E-state index contributed by atoms with van der Waals surface area (Å²) in [4.78, 5) is 23.5. The Labute approximate surface area is 122 Å². The van der Waals surface area contributed by atoms with E-state index in [0.29, 0.717) is 11.1 Å². The molecule has 7 heteroatoms. The van der Waals surface area contributed by atoms with Crippen LogP contribution in [0.2, 0.25) is 0 Å². The summed E-state index contributed by atoms with van der Waals surface area (Å²) in [5.74, 6) is -3.00. The highest BCUT2D eigenvalue weighted by Crippen LogP contribution is 2.20. The summed E-state index contributed by atoms with van der Waals surface area (Å²) in [6.45, 7) is 0. The first kappa shape index (κ1) is 14.0. The summed E-state index contributed by atoms with van der Waals surface area (Å²) >= 11 is 0. The Morgan fingerprint density at radius 3 is 2.55 bits per heavy atom. The summed E-state index contributed by atoms with van der Waals surface area (Å²) in [6, 6.07) is 7.55. The molecule has 0 aliphatic heterocycles. The van der Waals surface area contributed by atoms with Gasteiger partial charge in [0.1, 0.15) is 17.3 Å². The minimum atomic E-state index is -0.870. The van der Waals surface area contributed by atoms with Gasteiger partial charge in [-0.3, -0.25) is 9.36 Å². The number of benzene rings is 2. The topological polar surface area (TPSA) is 64.2 Å². The lowest BCUT2D eigenvalue weighted by molar-refractivity contribution is 0.102. The van der Waals surface area contributed by atoms with Crippen LogP contribution in [0, 0.1) is 11.6 Å². The molecule has 0 aliphatic carbocycles. The zero-order valence-electron chi connectivity index (χ0n) is 11.4. The smallest absolute Gasteiger partial charge is 0.408 e. The Morgan fingerprint density at radius 1 is 1.18 bits per heavy atom. The number of rotatable bonds is 2. The molecule has 1 amide bonds. The summed E-state index contributed by atoms with van der Waals surface area (Å²) in [6.07, 6.45) is 0. The van der Waals surface area contributed by atoms with Crippen molar-refractivity contribution in [1.82, 2.24) is 4.57 Å². The molecule has 0 radical (unpaired) electrons. The van der Waals surface area contributed by atoms with Crippen molar-refractivity contribution in [1.29, 1.82) is 0 Å². The standard InChI is InChI=1S/C15H10F2N2O3/c1-19-11-7-8(5-6-12(11)22-15(19)21)14(20)18-13-9(16)3-2-4-10(13)17/h2-7H,1H3,(H,18,20). The van der Waals surface area contributed by atoms with Gasteiger partial charge < -0.3 is 9.73 Å². The molecule has 3 aromatic rings. The molecule has 112 valence electrons. The molecule has 1 N–H and O–H groups in total. The van der Waals surface area contributed by atoms with Gasteiger partial charge in [0.05, 0.1) is 5.52 Å². The average Bonchev–Trinajstić information content (AvgIpc) is 2.77. The van der Waals surface area contributed by atoms with Gasteiger partial charge >= 0.3 is 5.76 Å². The number of aromatic nitrogens is 1. The highest BCUT2D eigenvalue weighted by atomic mass is 19.1. The number of oxazole rings is 1. The number of fused-ring (bicyclic) bond motifs is 1. The number of anilines is 1. The van der Waals surface area contributed by atoms with E-state index in [1.165, 1.54) is 35.9 Å². The molecule has 0 unspecified atom stereocenters. The van der Waals surface area contributed by atoms with Crippen molar-refractivity contribution >= 4 is 22.7 Å². The number of carbonyl (C=O) groups excluding carboxylic acids is 1. The summed E-state index contributed by atoms with van der Waals surface area (Å²) in [7, 11) is 1.49. The van der Waals surface area contributed by atoms with E-state index >= 15 is 0 Å². The Balaban J connectivity index is 1.99. The third-order valence-corrected chi connectivity index (χ3v) is 3.25. The van der Waals surface area contributed by atoms with Crippen LogP contribution in [-0.4, -0.2) is 10.5 Å². The maximum Gasteiger partial charge on any atom is 0.419 e. The minimum absolute atomic E-state index is 0.145. The molecule has 0 saturated heterocycles. The maximum atomic E-state index is 13.5. The number of amides is 1. The van der Waals surface area contributed by atoms with E-state index in [2.05, 4.69) is 5.32 Å². The first-order valence-corrected chi connectivity index (χ1v) is 6.32. The molecule has 0 saturated carbocycles. The minimum Gasteiger partial charge on any atom is -0.408 e. The number of nitrogens with one attached hydrogen (secondary N) is 1. The van der Waals surface area contributed by atoms with Gasteiger partial charge in [-0.2, -0.15) is 0 Å². The van der Waals surface area contributed by atoms with Gasteiger partial charge in [0.2, 0.25) is 0 Å². The molecule has 0 spiro atoms. The molecular weight excluding hydrogens is 294 g/mol. The fourth-order valence-corrected chi connectivity index (χ4v) is 2.07. The number of carbonyl (C=O) groups is 1. The predicted octanol–water partition coefficient (Wildman–Crippen LogP) is 2.66. The van der Waals surface area contributed by atoms with E-state index in [0.717, 1.165) is 12.1 Å². The Kier molecular flexibility index (Phi) is 3.25. The van der Waals surface area contributed by atoms with Gasteiger partial charge in [0.15, 0.2) is 5.58 Å². The zero-order valence-corrected chi connectivity index (χ0v) is 11.4. The van der Waals surface area contributed by atoms with Crippen molar-refractivity contribution in [2.24, 2.45) is 7.05 Å². The molecule has 0 bridgehead atoms. The van der Waals surface area contributed by atoms with Gasteiger partial charge in [0.25, 0.3) is 5.91 Å². The molecule has 1 heterocycles. The van der Waals surface area contributed by atoms with Crippen molar-refractivity contribution in [3.8, 4) is 0 Å². The lowest BCUT2D eigenvalue weighted by Gasteiger charge is -2.07. The number of hydrogen-bond donors (Lipinski definition) is 1. The highest BCUT2D eigenvalue weighted by molar-refractivity contribution is 6.05. The second-order valence-corrected chi connectivity index (χ2v) is 4.66. The monoisotopic (exact) mass is 304 g/mol. The zero-order chi connectivity index (χ0) is 15.9. The van der Waals surface area contributed by atoms with Gasteiger partial charge in [-0.15, -0.1) is 0 Å². The van der Waals surface area contributed by atoms with Crippen LogP contribution in [0.25, 0.3) is 11.1 Å². The van der Waals surface area contributed by atoms with Crippen molar-refractivity contribution in [2.45, 2.75) is 0 Å². The van der Waals surface area contributed by atoms with Crippen LogP contribution in [0.5, 0.6) is 0 Å². The molecule has 2 aromatic carbocycles. The Bertz CT molecular complexity index is 923. The molecule has 0 atom stereocenters. The van der Waals surface area contributed by atoms with E-state index in [-0.39, 0.29) is 5.56 Å². The van der Waals surface area contributed by atoms with Crippen molar-refractivity contribution < 1.29 is 18.0 Å². The summed E-state index contributed by atoms with van der Waals surface area (Å²) < 4.78 is 33.2. The number of nitrogens with zero attached hydrogens (tertiary/aromatic N) is 1. The molecule has 0 aliphatic rings. The summed E-state index contributed by atoms with van der Waals surface area (Å²) in [5, 5.41) is 2.18. The van der Waals surface area contributed by atoms with E-state index in [9.17, 15) is 18.4 Å². The fourth-order valence-electron chi connectivity index (χ4n) is 2.07. The quantitative estimate of drug-likeness (QED) is 0.791.